The molecule has 0 aliphatic rings. The number of rotatable bonds is 9. The second-order valence-corrected chi connectivity index (χ2v) is 5.82. The Morgan fingerprint density at radius 1 is 1.33 bits per heavy atom. The van der Waals surface area contributed by atoms with Crippen molar-refractivity contribution in [2.75, 3.05) is 19.0 Å². The van der Waals surface area contributed by atoms with Crippen molar-refractivity contribution in [1.29, 1.82) is 0 Å². The van der Waals surface area contributed by atoms with Crippen molar-refractivity contribution in [3.63, 3.8) is 0 Å². The van der Waals surface area contributed by atoms with Gasteiger partial charge in [0.1, 0.15) is 12.6 Å². The Morgan fingerprint density at radius 3 is 2.57 bits per heavy atom. The Morgan fingerprint density at radius 2 is 2.00 bits per heavy atom. The third kappa shape index (κ3) is 6.50. The average Bonchev–Trinajstić information content (AvgIpc) is 2.49. The van der Waals surface area contributed by atoms with Crippen molar-refractivity contribution in [3.8, 4) is 0 Å². The number of amides is 1. The predicted molar refractivity (Wildman–Crippen MR) is 78.4 cm³/mol. The van der Waals surface area contributed by atoms with Gasteiger partial charge in [-0.25, -0.2) is 4.79 Å². The van der Waals surface area contributed by atoms with Crippen LogP contribution in [0.15, 0.2) is 35.2 Å². The molecule has 0 aromatic heterocycles. The molecule has 0 aliphatic heterocycles. The lowest BCUT2D eigenvalue weighted by Gasteiger charge is -2.14. The summed E-state index contributed by atoms with van der Waals surface area (Å²) >= 11 is 0. The van der Waals surface area contributed by atoms with Crippen LogP contribution in [-0.2, 0) is 25.1 Å². The van der Waals surface area contributed by atoms with Crippen molar-refractivity contribution >= 4 is 22.7 Å². The van der Waals surface area contributed by atoms with E-state index >= 15 is 0 Å². The highest BCUT2D eigenvalue weighted by atomic mass is 32.2. The molecule has 0 bridgehead atoms. The quantitative estimate of drug-likeness (QED) is 0.703. The third-order valence-electron chi connectivity index (χ3n) is 2.67. The Hall–Kier alpha value is -1.73. The number of aliphatic carboxylic acids is 1. The van der Waals surface area contributed by atoms with E-state index in [9.17, 15) is 13.8 Å². The number of carbonyl (C=O) groups is 2. The summed E-state index contributed by atoms with van der Waals surface area (Å²) in [5.41, 5.74) is 0. The lowest BCUT2D eigenvalue weighted by atomic mass is 10.2. The summed E-state index contributed by atoms with van der Waals surface area (Å²) < 4.78 is 16.9. The van der Waals surface area contributed by atoms with Gasteiger partial charge in [-0.05, 0) is 25.5 Å². The maximum Gasteiger partial charge on any atom is 0.326 e. The molecule has 0 fully saturated rings. The SMILES string of the molecule is CCOCC(=O)N[C@H](CC[S@](=O)c1ccccc1)C(=O)O. The van der Waals surface area contributed by atoms with Gasteiger partial charge in [-0.15, -0.1) is 0 Å². The first-order valence-electron chi connectivity index (χ1n) is 6.58. The van der Waals surface area contributed by atoms with Gasteiger partial charge in [0.25, 0.3) is 0 Å². The molecule has 0 spiro atoms. The van der Waals surface area contributed by atoms with Gasteiger partial charge in [-0.1, -0.05) is 18.2 Å². The second kappa shape index (κ2) is 9.25. The van der Waals surface area contributed by atoms with Gasteiger partial charge in [0.15, 0.2) is 0 Å². The molecule has 0 radical (unpaired) electrons. The number of hydrogen-bond acceptors (Lipinski definition) is 4. The minimum atomic E-state index is -1.29. The van der Waals surface area contributed by atoms with Crippen molar-refractivity contribution in [2.24, 2.45) is 0 Å². The lowest BCUT2D eigenvalue weighted by Crippen LogP contribution is -2.43. The van der Waals surface area contributed by atoms with Crippen molar-refractivity contribution in [1.82, 2.24) is 5.32 Å². The summed E-state index contributed by atoms with van der Waals surface area (Å²) in [5, 5.41) is 11.4. The fourth-order valence-corrected chi connectivity index (χ4v) is 2.75. The molecule has 1 amide bonds. The van der Waals surface area contributed by atoms with Crippen LogP contribution in [-0.4, -0.2) is 46.2 Å². The molecule has 0 saturated carbocycles. The van der Waals surface area contributed by atoms with Crippen LogP contribution in [0.4, 0.5) is 0 Å². The van der Waals surface area contributed by atoms with Crippen LogP contribution < -0.4 is 5.32 Å². The summed E-state index contributed by atoms with van der Waals surface area (Å²) in [6.45, 7) is 1.94. The van der Waals surface area contributed by atoms with Gasteiger partial charge in [-0.3, -0.25) is 9.00 Å². The van der Waals surface area contributed by atoms with Crippen LogP contribution in [0.3, 0.4) is 0 Å². The van der Waals surface area contributed by atoms with E-state index in [1.54, 1.807) is 31.2 Å². The smallest absolute Gasteiger partial charge is 0.326 e. The number of carbonyl (C=O) groups excluding carboxylic acids is 1. The molecular weight excluding hydrogens is 294 g/mol. The topological polar surface area (TPSA) is 92.7 Å². The largest absolute Gasteiger partial charge is 0.480 e. The zero-order chi connectivity index (χ0) is 15.7. The van der Waals surface area contributed by atoms with Gasteiger partial charge >= 0.3 is 5.97 Å². The first-order chi connectivity index (χ1) is 10.0. The van der Waals surface area contributed by atoms with E-state index in [4.69, 9.17) is 9.84 Å². The fourth-order valence-electron chi connectivity index (χ4n) is 1.60. The second-order valence-electron chi connectivity index (χ2n) is 4.25. The van der Waals surface area contributed by atoms with E-state index in [-0.39, 0.29) is 18.8 Å². The number of carboxylic acid groups (broad SMARTS) is 1. The molecule has 2 atom stereocenters. The highest BCUT2D eigenvalue weighted by molar-refractivity contribution is 7.85. The van der Waals surface area contributed by atoms with Crippen LogP contribution in [0.25, 0.3) is 0 Å². The number of ether oxygens (including phenoxy) is 1. The van der Waals surface area contributed by atoms with Gasteiger partial charge in [-0.2, -0.15) is 0 Å². The summed E-state index contributed by atoms with van der Waals surface area (Å²) in [5.74, 6) is -1.48. The molecule has 1 aromatic carbocycles. The molecule has 1 aromatic rings. The summed E-state index contributed by atoms with van der Waals surface area (Å²) in [7, 11) is -1.29. The van der Waals surface area contributed by atoms with Gasteiger partial charge in [0.05, 0.1) is 10.8 Å². The Kier molecular flexibility index (Phi) is 7.63. The van der Waals surface area contributed by atoms with E-state index < -0.39 is 28.7 Å². The van der Waals surface area contributed by atoms with Crippen LogP contribution in [0, 0.1) is 0 Å². The van der Waals surface area contributed by atoms with Crippen molar-refractivity contribution in [3.05, 3.63) is 30.3 Å². The minimum Gasteiger partial charge on any atom is -0.480 e. The van der Waals surface area contributed by atoms with Crippen LogP contribution in [0.1, 0.15) is 13.3 Å². The zero-order valence-corrected chi connectivity index (χ0v) is 12.6. The van der Waals surface area contributed by atoms with Crippen molar-refractivity contribution in [2.45, 2.75) is 24.3 Å². The first-order valence-corrected chi connectivity index (χ1v) is 7.89. The van der Waals surface area contributed by atoms with Gasteiger partial charge in [0, 0.05) is 17.3 Å². The average molecular weight is 313 g/mol. The molecule has 116 valence electrons. The monoisotopic (exact) mass is 313 g/mol. The Labute approximate surface area is 126 Å². The summed E-state index contributed by atoms with van der Waals surface area (Å²) in [6, 6.07) is 7.73. The maximum absolute atomic E-state index is 12.0. The number of benzene rings is 1. The standard InChI is InChI=1S/C14H19NO5S/c1-2-20-10-13(16)15-12(14(17)18)8-9-21(19)11-6-4-3-5-7-11/h3-7,12H,2,8-10H2,1H3,(H,15,16)(H,17,18)/t12-,21+/m1/s1. The normalized spacial score (nSPS) is 13.4. The highest BCUT2D eigenvalue weighted by Gasteiger charge is 2.20. The molecule has 0 heterocycles. The van der Waals surface area contributed by atoms with E-state index in [2.05, 4.69) is 5.32 Å². The Bertz CT molecular complexity index is 491. The molecule has 1 rings (SSSR count). The minimum absolute atomic E-state index is 0.0920. The Balaban J connectivity index is 2.50. The van der Waals surface area contributed by atoms with Crippen molar-refractivity contribution < 1.29 is 23.6 Å². The number of carboxylic acids is 1. The first kappa shape index (κ1) is 17.3. The molecule has 2 N–H and O–H groups in total. The lowest BCUT2D eigenvalue weighted by molar-refractivity contribution is -0.142. The molecule has 0 aliphatic carbocycles. The maximum atomic E-state index is 12.0. The van der Waals surface area contributed by atoms with Crippen LogP contribution in [0.2, 0.25) is 0 Å². The van der Waals surface area contributed by atoms with E-state index in [1.165, 1.54) is 0 Å². The highest BCUT2D eigenvalue weighted by Crippen LogP contribution is 2.08. The number of nitrogens with one attached hydrogen (secondary N) is 1. The molecule has 0 unspecified atom stereocenters. The number of hydrogen-bond donors (Lipinski definition) is 2. The molecular formula is C14H19NO5S. The summed E-state index contributed by atoms with van der Waals surface area (Å²) in [4.78, 5) is 23.2. The fraction of sp³-hybridized carbons (Fsp3) is 0.429. The van der Waals surface area contributed by atoms with Crippen LogP contribution >= 0.6 is 0 Å². The third-order valence-corrected chi connectivity index (χ3v) is 4.07. The molecule has 0 saturated heterocycles. The molecule has 7 heteroatoms. The molecule has 6 nitrogen and oxygen atoms in total. The summed E-state index contributed by atoms with van der Waals surface area (Å²) in [6.07, 6.45) is 0.0920. The van der Waals surface area contributed by atoms with Crippen LogP contribution in [0.5, 0.6) is 0 Å². The van der Waals surface area contributed by atoms with E-state index in [0.717, 1.165) is 0 Å². The van der Waals surface area contributed by atoms with Gasteiger partial charge in [0.2, 0.25) is 5.91 Å². The van der Waals surface area contributed by atoms with E-state index in [1.807, 2.05) is 6.07 Å². The van der Waals surface area contributed by atoms with E-state index in [0.29, 0.717) is 11.5 Å². The van der Waals surface area contributed by atoms with Gasteiger partial charge < -0.3 is 15.2 Å². The molecule has 21 heavy (non-hydrogen) atoms. The zero-order valence-electron chi connectivity index (χ0n) is 11.8. The predicted octanol–water partition coefficient (Wildman–Crippen LogP) is 0.790.